The molecular weight excluding hydrogens is 295 g/mol. The summed E-state index contributed by atoms with van der Waals surface area (Å²) < 4.78 is 11.7. The summed E-state index contributed by atoms with van der Waals surface area (Å²) in [6, 6.07) is 11.9. The van der Waals surface area contributed by atoms with Crippen LogP contribution in [0.4, 0.5) is 0 Å². The van der Waals surface area contributed by atoms with Gasteiger partial charge in [-0.25, -0.2) is 0 Å². The topological polar surface area (TPSA) is 25.1 Å². The minimum absolute atomic E-state index is 0.425. The third kappa shape index (κ3) is 1.16. The van der Waals surface area contributed by atoms with Crippen molar-refractivity contribution in [3.8, 4) is 0 Å². The van der Waals surface area contributed by atoms with Crippen LogP contribution >= 0.6 is 23.2 Å². The maximum Gasteiger partial charge on any atom is 0.144 e. The van der Waals surface area contributed by atoms with Gasteiger partial charge in [0.25, 0.3) is 0 Å². The van der Waals surface area contributed by atoms with Crippen LogP contribution in [0.15, 0.2) is 36.4 Å². The van der Waals surface area contributed by atoms with Crippen molar-refractivity contribution in [3.63, 3.8) is 0 Å². The van der Waals surface area contributed by atoms with E-state index >= 15 is 0 Å². The molecule has 0 N–H and O–H groups in total. The second-order valence-corrected chi connectivity index (χ2v) is 6.37. The molecule has 2 heterocycles. The zero-order valence-electron chi connectivity index (χ0n) is 10.5. The second-order valence-electron chi connectivity index (χ2n) is 5.56. The SMILES string of the molecule is Clc1cccc2c1[C@]1(CO1)c1cccc(Cl)c1[C@@]21CO1. The van der Waals surface area contributed by atoms with E-state index in [1.54, 1.807) is 0 Å². The summed E-state index contributed by atoms with van der Waals surface area (Å²) in [5, 5.41) is 1.47. The summed E-state index contributed by atoms with van der Waals surface area (Å²) in [5.41, 5.74) is 3.45. The fourth-order valence-corrected chi connectivity index (χ4v) is 4.21. The zero-order chi connectivity index (χ0) is 13.5. The lowest BCUT2D eigenvalue weighted by Gasteiger charge is -2.32. The van der Waals surface area contributed by atoms with E-state index in [-0.39, 0.29) is 0 Å². The number of halogens is 2. The van der Waals surface area contributed by atoms with Gasteiger partial charge in [0, 0.05) is 21.2 Å². The van der Waals surface area contributed by atoms with Gasteiger partial charge in [-0.1, -0.05) is 47.5 Å². The van der Waals surface area contributed by atoms with E-state index in [2.05, 4.69) is 12.1 Å². The molecule has 2 atom stereocenters. The molecule has 4 heteroatoms. The van der Waals surface area contributed by atoms with Gasteiger partial charge in [0.1, 0.15) is 11.2 Å². The van der Waals surface area contributed by atoms with Crippen molar-refractivity contribution >= 4 is 23.2 Å². The molecule has 2 aromatic rings. The van der Waals surface area contributed by atoms with E-state index < -0.39 is 11.2 Å². The van der Waals surface area contributed by atoms with Crippen molar-refractivity contribution in [2.45, 2.75) is 11.2 Å². The van der Waals surface area contributed by atoms with Gasteiger partial charge in [0.2, 0.25) is 0 Å². The van der Waals surface area contributed by atoms with Crippen LogP contribution in [0.3, 0.4) is 0 Å². The Morgan fingerprint density at radius 2 is 1.15 bits per heavy atom. The first-order chi connectivity index (χ1) is 9.69. The first-order valence-electron chi connectivity index (χ1n) is 6.56. The van der Waals surface area contributed by atoms with Gasteiger partial charge in [-0.3, -0.25) is 0 Å². The van der Waals surface area contributed by atoms with Crippen LogP contribution < -0.4 is 0 Å². The Bertz CT molecular complexity index is 696. The van der Waals surface area contributed by atoms with Crippen molar-refractivity contribution in [1.82, 2.24) is 0 Å². The maximum atomic E-state index is 6.46. The lowest BCUT2D eigenvalue weighted by atomic mass is 9.72. The highest BCUT2D eigenvalue weighted by Crippen LogP contribution is 2.63. The van der Waals surface area contributed by atoms with Crippen LogP contribution in [0.5, 0.6) is 0 Å². The quantitative estimate of drug-likeness (QED) is 0.691. The molecule has 0 saturated carbocycles. The van der Waals surface area contributed by atoms with E-state index in [0.29, 0.717) is 13.2 Å². The summed E-state index contributed by atoms with van der Waals surface area (Å²) in [4.78, 5) is 0. The number of hydrogen-bond donors (Lipinski definition) is 0. The number of fused-ring (bicyclic) bond motifs is 6. The van der Waals surface area contributed by atoms with Gasteiger partial charge in [-0.2, -0.15) is 0 Å². The predicted molar refractivity (Wildman–Crippen MR) is 76.4 cm³/mol. The molecule has 5 rings (SSSR count). The molecule has 2 aliphatic heterocycles. The fraction of sp³-hybridized carbons (Fsp3) is 0.250. The molecule has 2 spiro atoms. The molecular formula is C16H10Cl2O2. The zero-order valence-corrected chi connectivity index (χ0v) is 12.0. The summed E-state index contributed by atoms with van der Waals surface area (Å²) >= 11 is 12.9. The molecule has 2 saturated heterocycles. The van der Waals surface area contributed by atoms with Crippen LogP contribution in [-0.4, -0.2) is 13.2 Å². The van der Waals surface area contributed by atoms with Crippen molar-refractivity contribution < 1.29 is 9.47 Å². The third-order valence-electron chi connectivity index (χ3n) is 4.57. The van der Waals surface area contributed by atoms with Crippen LogP contribution in [0.2, 0.25) is 10.0 Å². The molecule has 1 aliphatic carbocycles. The van der Waals surface area contributed by atoms with Gasteiger partial charge in [0.15, 0.2) is 0 Å². The molecule has 0 radical (unpaired) electrons. The predicted octanol–water partition coefficient (Wildman–Crippen LogP) is 3.85. The lowest BCUT2D eigenvalue weighted by molar-refractivity contribution is 0.303. The van der Waals surface area contributed by atoms with Gasteiger partial charge in [-0.05, 0) is 23.3 Å². The minimum Gasteiger partial charge on any atom is -0.359 e. The summed E-state index contributed by atoms with van der Waals surface area (Å²) in [7, 11) is 0. The van der Waals surface area contributed by atoms with Crippen molar-refractivity contribution in [2.24, 2.45) is 0 Å². The highest BCUT2D eigenvalue weighted by atomic mass is 35.5. The van der Waals surface area contributed by atoms with E-state index in [0.717, 1.165) is 32.3 Å². The smallest absolute Gasteiger partial charge is 0.144 e. The Morgan fingerprint density at radius 3 is 1.50 bits per heavy atom. The molecule has 100 valence electrons. The Balaban J connectivity index is 1.94. The Hall–Kier alpha value is -1.06. The number of benzene rings is 2. The average molecular weight is 305 g/mol. The average Bonchev–Trinajstić information content (AvgIpc) is 3.32. The van der Waals surface area contributed by atoms with E-state index in [1.165, 1.54) is 0 Å². The molecule has 0 amide bonds. The van der Waals surface area contributed by atoms with E-state index in [4.69, 9.17) is 32.7 Å². The molecule has 2 nitrogen and oxygen atoms in total. The monoisotopic (exact) mass is 304 g/mol. The molecule has 0 bridgehead atoms. The summed E-state index contributed by atoms with van der Waals surface area (Å²) in [6.07, 6.45) is 0. The minimum atomic E-state index is -0.425. The molecule has 0 unspecified atom stereocenters. The van der Waals surface area contributed by atoms with Crippen LogP contribution in [-0.2, 0) is 20.7 Å². The second kappa shape index (κ2) is 3.40. The largest absolute Gasteiger partial charge is 0.359 e. The first kappa shape index (κ1) is 11.6. The molecule has 0 aromatic heterocycles. The number of epoxide rings is 2. The standard InChI is InChI=1S/C16H10Cl2O2/c17-11-5-1-3-9-13(11)16(8-20-16)10-4-2-6-12(18)14(10)15(9)7-19-15/h1-6H,7-8H2/t15-,16+. The normalized spacial score (nSPS) is 32.1. The van der Waals surface area contributed by atoms with Gasteiger partial charge < -0.3 is 9.47 Å². The number of hydrogen-bond acceptors (Lipinski definition) is 2. The van der Waals surface area contributed by atoms with Crippen molar-refractivity contribution in [3.05, 3.63) is 68.7 Å². The highest BCUT2D eigenvalue weighted by Gasteiger charge is 2.64. The summed E-state index contributed by atoms with van der Waals surface area (Å²) in [5.74, 6) is 0. The Morgan fingerprint density at radius 1 is 0.750 bits per heavy atom. The molecule has 2 fully saturated rings. The highest BCUT2D eigenvalue weighted by molar-refractivity contribution is 6.32. The summed E-state index contributed by atoms with van der Waals surface area (Å²) in [6.45, 7) is 1.29. The molecule has 20 heavy (non-hydrogen) atoms. The first-order valence-corrected chi connectivity index (χ1v) is 7.31. The van der Waals surface area contributed by atoms with Gasteiger partial charge in [0.05, 0.1) is 13.2 Å². The van der Waals surface area contributed by atoms with Gasteiger partial charge in [-0.15, -0.1) is 0 Å². The van der Waals surface area contributed by atoms with E-state index in [1.807, 2.05) is 24.3 Å². The maximum absolute atomic E-state index is 6.46. The third-order valence-corrected chi connectivity index (χ3v) is 5.20. The van der Waals surface area contributed by atoms with Crippen LogP contribution in [0.1, 0.15) is 22.3 Å². The molecule has 2 aromatic carbocycles. The van der Waals surface area contributed by atoms with Crippen LogP contribution in [0, 0.1) is 0 Å². The van der Waals surface area contributed by atoms with Crippen LogP contribution in [0.25, 0.3) is 0 Å². The lowest BCUT2D eigenvalue weighted by Crippen LogP contribution is -2.30. The van der Waals surface area contributed by atoms with Gasteiger partial charge >= 0.3 is 0 Å². The van der Waals surface area contributed by atoms with Crippen molar-refractivity contribution in [2.75, 3.05) is 13.2 Å². The van der Waals surface area contributed by atoms with E-state index in [9.17, 15) is 0 Å². The molecule has 3 aliphatic rings. The number of ether oxygens (including phenoxy) is 2. The Labute approximate surface area is 126 Å². The number of rotatable bonds is 0. The Kier molecular flexibility index (Phi) is 1.97. The fourth-order valence-electron chi connectivity index (χ4n) is 3.56. The van der Waals surface area contributed by atoms with Crippen molar-refractivity contribution in [1.29, 1.82) is 0 Å².